The first-order valence-electron chi connectivity index (χ1n) is 8.05. The summed E-state index contributed by atoms with van der Waals surface area (Å²) in [6.07, 6.45) is 12.6. The van der Waals surface area contributed by atoms with Crippen LogP contribution < -0.4 is 5.73 Å². The lowest BCUT2D eigenvalue weighted by Crippen LogP contribution is -2.08. The Morgan fingerprint density at radius 1 is 1.25 bits per heavy atom. The summed E-state index contributed by atoms with van der Waals surface area (Å²) in [6.45, 7) is 0.756. The van der Waals surface area contributed by atoms with Crippen LogP contribution >= 0.6 is 0 Å². The van der Waals surface area contributed by atoms with Crippen LogP contribution in [-0.2, 0) is 11.2 Å². The number of Topliss-reactive ketones (excluding diaryl/α,β-unsaturated/α-hetero) is 1. The van der Waals surface area contributed by atoms with Crippen molar-refractivity contribution >= 4 is 5.78 Å². The Kier molecular flexibility index (Phi) is 6.25. The molecule has 4 heteroatoms. The van der Waals surface area contributed by atoms with Crippen LogP contribution in [0.2, 0.25) is 0 Å². The summed E-state index contributed by atoms with van der Waals surface area (Å²) in [6, 6.07) is 2.57. The van der Waals surface area contributed by atoms with Crippen LogP contribution in [0.1, 0.15) is 69.5 Å². The molecule has 0 atom stereocenters. The molecule has 0 aliphatic heterocycles. The molecule has 0 aromatic carbocycles. The largest absolute Gasteiger partial charge is 0.330 e. The molecule has 20 heavy (non-hydrogen) atoms. The van der Waals surface area contributed by atoms with E-state index in [1.807, 2.05) is 12.3 Å². The third kappa shape index (κ3) is 4.75. The Hall–Kier alpha value is -1.16. The monoisotopic (exact) mass is 277 g/mol. The predicted octanol–water partition coefficient (Wildman–Crippen LogP) is 3.02. The summed E-state index contributed by atoms with van der Waals surface area (Å²) in [7, 11) is 0. The van der Waals surface area contributed by atoms with Gasteiger partial charge in [-0.1, -0.05) is 25.7 Å². The molecule has 1 aromatic heterocycles. The number of aromatic nitrogens is 2. The number of nitrogens with zero attached hydrogens (tertiary/aromatic N) is 2. The van der Waals surface area contributed by atoms with Gasteiger partial charge in [0.25, 0.3) is 0 Å². The van der Waals surface area contributed by atoms with Crippen molar-refractivity contribution in [3.63, 3.8) is 0 Å². The first-order valence-corrected chi connectivity index (χ1v) is 8.05. The lowest BCUT2D eigenvalue weighted by atomic mass is 10.1. The lowest BCUT2D eigenvalue weighted by Gasteiger charge is -2.08. The van der Waals surface area contributed by atoms with E-state index in [-0.39, 0.29) is 0 Å². The molecular weight excluding hydrogens is 250 g/mol. The fourth-order valence-electron chi connectivity index (χ4n) is 2.95. The molecule has 1 fully saturated rings. The highest BCUT2D eigenvalue weighted by molar-refractivity contribution is 5.80. The van der Waals surface area contributed by atoms with Crippen LogP contribution in [0, 0.1) is 0 Å². The van der Waals surface area contributed by atoms with E-state index in [0.717, 1.165) is 37.9 Å². The van der Waals surface area contributed by atoms with Gasteiger partial charge in [-0.3, -0.25) is 9.48 Å². The minimum absolute atomic E-state index is 0.314. The minimum Gasteiger partial charge on any atom is -0.330 e. The van der Waals surface area contributed by atoms with Crippen LogP contribution in [0.5, 0.6) is 0 Å². The third-order valence-electron chi connectivity index (χ3n) is 4.15. The molecule has 0 spiro atoms. The van der Waals surface area contributed by atoms with Gasteiger partial charge in [0.1, 0.15) is 5.78 Å². The highest BCUT2D eigenvalue weighted by atomic mass is 16.1. The summed E-state index contributed by atoms with van der Waals surface area (Å²) in [4.78, 5) is 11.9. The van der Waals surface area contributed by atoms with Gasteiger partial charge in [0.05, 0.1) is 18.2 Å². The molecule has 0 saturated heterocycles. The van der Waals surface area contributed by atoms with Crippen molar-refractivity contribution in [1.82, 2.24) is 9.78 Å². The van der Waals surface area contributed by atoms with Crippen LogP contribution in [0.15, 0.2) is 12.3 Å². The molecule has 112 valence electrons. The number of carbonyl (C=O) groups excluding carboxylic acids is 1. The Morgan fingerprint density at radius 2 is 2.00 bits per heavy atom. The Labute approximate surface area is 121 Å². The summed E-state index contributed by atoms with van der Waals surface area (Å²) >= 11 is 0. The molecule has 1 aliphatic carbocycles. The van der Waals surface area contributed by atoms with E-state index in [1.54, 1.807) is 0 Å². The number of nitrogens with two attached hydrogens (primary N) is 1. The standard InChI is InChI=1S/C16H27N3O/c17-11-6-2-1-3-9-16(20)13-14-10-12-19(18-14)15-7-4-5-8-15/h10,12,15H,1-9,11,13,17H2. The SMILES string of the molecule is NCCCCCCC(=O)Cc1ccn(C2CCCC2)n1. The molecule has 2 N–H and O–H groups in total. The molecule has 0 amide bonds. The second-order valence-corrected chi connectivity index (χ2v) is 5.89. The van der Waals surface area contributed by atoms with E-state index in [4.69, 9.17) is 5.73 Å². The topological polar surface area (TPSA) is 60.9 Å². The van der Waals surface area contributed by atoms with E-state index >= 15 is 0 Å². The van der Waals surface area contributed by atoms with Crippen LogP contribution in [0.25, 0.3) is 0 Å². The highest BCUT2D eigenvalue weighted by Crippen LogP contribution is 2.28. The fourth-order valence-corrected chi connectivity index (χ4v) is 2.95. The summed E-state index contributed by atoms with van der Waals surface area (Å²) < 4.78 is 2.07. The van der Waals surface area contributed by atoms with Crippen molar-refractivity contribution in [2.24, 2.45) is 5.73 Å². The Morgan fingerprint density at radius 3 is 2.75 bits per heavy atom. The van der Waals surface area contributed by atoms with Gasteiger partial charge in [0, 0.05) is 12.6 Å². The highest BCUT2D eigenvalue weighted by Gasteiger charge is 2.17. The van der Waals surface area contributed by atoms with Crippen molar-refractivity contribution in [2.45, 2.75) is 70.3 Å². The van der Waals surface area contributed by atoms with Gasteiger partial charge >= 0.3 is 0 Å². The van der Waals surface area contributed by atoms with E-state index in [9.17, 15) is 4.79 Å². The maximum Gasteiger partial charge on any atom is 0.138 e. The Balaban J connectivity index is 1.68. The van der Waals surface area contributed by atoms with E-state index in [2.05, 4.69) is 9.78 Å². The van der Waals surface area contributed by atoms with Gasteiger partial charge < -0.3 is 5.73 Å². The molecule has 0 radical (unpaired) electrons. The first-order chi connectivity index (χ1) is 9.79. The van der Waals surface area contributed by atoms with Gasteiger partial charge in [-0.05, 0) is 38.3 Å². The zero-order valence-corrected chi connectivity index (χ0v) is 12.4. The lowest BCUT2D eigenvalue weighted by molar-refractivity contribution is -0.118. The minimum atomic E-state index is 0.314. The van der Waals surface area contributed by atoms with Gasteiger partial charge in [-0.15, -0.1) is 0 Å². The van der Waals surface area contributed by atoms with Crippen LogP contribution in [0.3, 0.4) is 0 Å². The number of hydrogen-bond donors (Lipinski definition) is 1. The predicted molar refractivity (Wildman–Crippen MR) is 80.6 cm³/mol. The molecule has 2 rings (SSSR count). The number of ketones is 1. The quantitative estimate of drug-likeness (QED) is 0.706. The maximum absolute atomic E-state index is 11.9. The molecule has 0 bridgehead atoms. The van der Waals surface area contributed by atoms with Crippen LogP contribution in [0.4, 0.5) is 0 Å². The number of carbonyl (C=O) groups is 1. The van der Waals surface area contributed by atoms with Crippen molar-refractivity contribution < 1.29 is 4.79 Å². The van der Waals surface area contributed by atoms with Gasteiger partial charge in [-0.25, -0.2) is 0 Å². The van der Waals surface area contributed by atoms with E-state index in [0.29, 0.717) is 24.7 Å². The second-order valence-electron chi connectivity index (χ2n) is 5.89. The molecule has 1 aliphatic rings. The molecular formula is C16H27N3O. The fraction of sp³-hybridized carbons (Fsp3) is 0.750. The second kappa shape index (κ2) is 8.20. The zero-order chi connectivity index (χ0) is 14.2. The molecule has 1 saturated carbocycles. The zero-order valence-electron chi connectivity index (χ0n) is 12.4. The summed E-state index contributed by atoms with van der Waals surface area (Å²) in [5.74, 6) is 0.314. The van der Waals surface area contributed by atoms with Crippen molar-refractivity contribution in [3.8, 4) is 0 Å². The summed E-state index contributed by atoms with van der Waals surface area (Å²) in [5.41, 5.74) is 6.38. The van der Waals surface area contributed by atoms with Crippen molar-refractivity contribution in [3.05, 3.63) is 18.0 Å². The first kappa shape index (κ1) is 15.2. The van der Waals surface area contributed by atoms with Crippen molar-refractivity contribution in [1.29, 1.82) is 0 Å². The number of unbranched alkanes of at least 4 members (excludes halogenated alkanes) is 3. The van der Waals surface area contributed by atoms with Crippen LogP contribution in [-0.4, -0.2) is 22.1 Å². The molecule has 4 nitrogen and oxygen atoms in total. The number of rotatable bonds is 9. The number of hydrogen-bond acceptors (Lipinski definition) is 3. The van der Waals surface area contributed by atoms with Gasteiger partial charge in [0.15, 0.2) is 0 Å². The maximum atomic E-state index is 11.9. The van der Waals surface area contributed by atoms with Crippen molar-refractivity contribution in [2.75, 3.05) is 6.54 Å². The third-order valence-corrected chi connectivity index (χ3v) is 4.15. The smallest absolute Gasteiger partial charge is 0.138 e. The molecule has 1 aromatic rings. The van der Waals surface area contributed by atoms with Gasteiger partial charge in [0.2, 0.25) is 0 Å². The molecule has 0 unspecified atom stereocenters. The normalized spacial score (nSPS) is 15.8. The average molecular weight is 277 g/mol. The van der Waals surface area contributed by atoms with E-state index < -0.39 is 0 Å². The Bertz CT molecular complexity index is 408. The summed E-state index contributed by atoms with van der Waals surface area (Å²) in [5, 5.41) is 4.57. The van der Waals surface area contributed by atoms with Gasteiger partial charge in [-0.2, -0.15) is 5.10 Å². The molecule has 1 heterocycles. The average Bonchev–Trinajstić information content (AvgIpc) is 3.08. The van der Waals surface area contributed by atoms with E-state index in [1.165, 1.54) is 25.7 Å².